The summed E-state index contributed by atoms with van der Waals surface area (Å²) < 4.78 is 5.33. The van der Waals surface area contributed by atoms with Crippen LogP contribution in [-0.4, -0.2) is 37.9 Å². The fourth-order valence-corrected chi connectivity index (χ4v) is 1.84. The number of ether oxygens (including phenoxy) is 1. The molecule has 3 N–H and O–H groups in total. The summed E-state index contributed by atoms with van der Waals surface area (Å²) in [5, 5.41) is 14.5. The van der Waals surface area contributed by atoms with Crippen LogP contribution in [0.5, 0.6) is 0 Å². The molecule has 0 radical (unpaired) electrons. The molecule has 0 bridgehead atoms. The predicted molar refractivity (Wildman–Crippen MR) is 74.3 cm³/mol. The topological polar surface area (TPSA) is 70.6 Å². The molecule has 0 saturated heterocycles. The number of carbonyl (C=O) groups excluding carboxylic acids is 1. The first-order valence-corrected chi connectivity index (χ1v) is 6.46. The van der Waals surface area contributed by atoms with Crippen LogP contribution < -0.4 is 10.6 Å². The molecule has 1 aromatic carbocycles. The monoisotopic (exact) mass is 286 g/mol. The van der Waals surface area contributed by atoms with Gasteiger partial charge in [-0.2, -0.15) is 0 Å². The van der Waals surface area contributed by atoms with Gasteiger partial charge >= 0.3 is 6.03 Å². The molecule has 5 nitrogen and oxygen atoms in total. The van der Waals surface area contributed by atoms with Crippen molar-refractivity contribution < 1.29 is 14.6 Å². The van der Waals surface area contributed by atoms with E-state index in [1.54, 1.807) is 13.2 Å². The number of carbonyl (C=O) groups is 1. The first-order chi connectivity index (χ1) is 9.19. The Kier molecular flexibility index (Phi) is 7.25. The van der Waals surface area contributed by atoms with E-state index in [-0.39, 0.29) is 18.7 Å². The van der Waals surface area contributed by atoms with Crippen molar-refractivity contribution >= 4 is 17.6 Å². The number of aliphatic hydroxyl groups excluding tert-OH is 1. The third-order valence-corrected chi connectivity index (χ3v) is 2.95. The lowest BCUT2D eigenvalue weighted by molar-refractivity contribution is 0.104. The molecule has 0 aliphatic rings. The second-order valence-electron chi connectivity index (χ2n) is 3.96. The maximum Gasteiger partial charge on any atom is 0.314 e. The molecule has 2 amide bonds. The lowest BCUT2D eigenvalue weighted by Gasteiger charge is -2.18. The van der Waals surface area contributed by atoms with Crippen molar-refractivity contribution in [2.75, 3.05) is 26.8 Å². The van der Waals surface area contributed by atoms with Gasteiger partial charge in [0.15, 0.2) is 0 Å². The van der Waals surface area contributed by atoms with Gasteiger partial charge in [0.05, 0.1) is 0 Å². The van der Waals surface area contributed by atoms with Gasteiger partial charge in [0.25, 0.3) is 0 Å². The van der Waals surface area contributed by atoms with Crippen molar-refractivity contribution in [2.24, 2.45) is 0 Å². The normalized spacial score (nSPS) is 11.9. The smallest absolute Gasteiger partial charge is 0.314 e. The number of methoxy groups -OCH3 is 1. The lowest BCUT2D eigenvalue weighted by atomic mass is 10.1. The number of urea groups is 1. The largest absolute Gasteiger partial charge is 0.396 e. The predicted octanol–water partition coefficient (Wildman–Crippen LogP) is 1.71. The fraction of sp³-hybridized carbons (Fsp3) is 0.462. The fourth-order valence-electron chi connectivity index (χ4n) is 1.59. The molecule has 0 fully saturated rings. The van der Waals surface area contributed by atoms with Crippen LogP contribution in [0.2, 0.25) is 5.02 Å². The van der Waals surface area contributed by atoms with Crippen LogP contribution in [0.1, 0.15) is 18.1 Å². The highest BCUT2D eigenvalue weighted by atomic mass is 35.5. The van der Waals surface area contributed by atoms with E-state index in [0.717, 1.165) is 5.56 Å². The van der Waals surface area contributed by atoms with E-state index < -0.39 is 0 Å². The second-order valence-corrected chi connectivity index (χ2v) is 4.37. The van der Waals surface area contributed by atoms with Crippen LogP contribution in [0.4, 0.5) is 4.79 Å². The van der Waals surface area contributed by atoms with Gasteiger partial charge in [0.2, 0.25) is 0 Å². The average Bonchev–Trinajstić information content (AvgIpc) is 2.41. The van der Waals surface area contributed by atoms with Crippen LogP contribution in [-0.2, 0) is 4.74 Å². The first-order valence-electron chi connectivity index (χ1n) is 6.08. The molecular formula is C13H19ClN2O3. The summed E-state index contributed by atoms with van der Waals surface area (Å²) in [6.07, 6.45) is 0.239. The van der Waals surface area contributed by atoms with E-state index in [0.29, 0.717) is 24.5 Å². The van der Waals surface area contributed by atoms with E-state index >= 15 is 0 Å². The van der Waals surface area contributed by atoms with Crippen molar-refractivity contribution in [3.63, 3.8) is 0 Å². The number of amides is 2. The molecule has 0 aliphatic heterocycles. The summed E-state index contributed by atoms with van der Waals surface area (Å²) in [6.45, 7) is 0.817. The maximum atomic E-state index is 11.5. The number of hydrogen-bond donors (Lipinski definition) is 3. The average molecular weight is 287 g/mol. The van der Waals surface area contributed by atoms with Crippen molar-refractivity contribution in [3.05, 3.63) is 34.9 Å². The number of hydrogen-bond acceptors (Lipinski definition) is 3. The number of halogens is 1. The highest BCUT2D eigenvalue weighted by Crippen LogP contribution is 2.24. The van der Waals surface area contributed by atoms with E-state index in [2.05, 4.69) is 10.6 Å². The van der Waals surface area contributed by atoms with Crippen LogP contribution in [0, 0.1) is 0 Å². The van der Waals surface area contributed by atoms with E-state index in [1.165, 1.54) is 0 Å². The molecule has 1 atom stereocenters. The second kappa shape index (κ2) is 8.74. The van der Waals surface area contributed by atoms with Gasteiger partial charge in [-0.1, -0.05) is 29.8 Å². The molecule has 0 heterocycles. The number of aliphatic hydroxyl groups is 1. The van der Waals surface area contributed by atoms with Crippen molar-refractivity contribution in [2.45, 2.75) is 12.5 Å². The van der Waals surface area contributed by atoms with Crippen LogP contribution in [0.3, 0.4) is 0 Å². The summed E-state index contributed by atoms with van der Waals surface area (Å²) in [4.78, 5) is 11.5. The molecule has 1 unspecified atom stereocenters. The van der Waals surface area contributed by atoms with Gasteiger partial charge in [0.1, 0.15) is 6.10 Å². The SMILES string of the molecule is COC(CNC(=O)NCCCO)c1ccccc1Cl. The third kappa shape index (κ3) is 5.46. The van der Waals surface area contributed by atoms with Crippen LogP contribution in [0.25, 0.3) is 0 Å². The molecule has 106 valence electrons. The van der Waals surface area contributed by atoms with Crippen LogP contribution in [0.15, 0.2) is 24.3 Å². The summed E-state index contributed by atoms with van der Waals surface area (Å²) >= 11 is 6.08. The Labute approximate surface area is 117 Å². The summed E-state index contributed by atoms with van der Waals surface area (Å²) in [7, 11) is 1.57. The molecule has 6 heteroatoms. The molecule has 0 saturated carbocycles. The molecule has 1 rings (SSSR count). The van der Waals surface area contributed by atoms with Crippen molar-refractivity contribution in [3.8, 4) is 0 Å². The molecule has 0 aliphatic carbocycles. The number of benzene rings is 1. The molecular weight excluding hydrogens is 268 g/mol. The van der Waals surface area contributed by atoms with Crippen LogP contribution >= 0.6 is 11.6 Å². The Morgan fingerprint density at radius 2 is 2.16 bits per heavy atom. The molecule has 1 aromatic rings. The Hall–Kier alpha value is -1.30. The third-order valence-electron chi connectivity index (χ3n) is 2.61. The van der Waals surface area contributed by atoms with Gasteiger partial charge in [0, 0.05) is 37.4 Å². The minimum absolute atomic E-state index is 0.0562. The minimum atomic E-state index is -0.294. The van der Waals surface area contributed by atoms with Crippen molar-refractivity contribution in [1.29, 1.82) is 0 Å². The number of nitrogens with one attached hydrogen (secondary N) is 2. The van der Waals surface area contributed by atoms with Crippen molar-refractivity contribution in [1.82, 2.24) is 10.6 Å². The standard InChI is InChI=1S/C13H19ClN2O3/c1-19-12(10-5-2-3-6-11(10)14)9-16-13(18)15-7-4-8-17/h2-3,5-6,12,17H,4,7-9H2,1H3,(H2,15,16,18). The summed E-state index contributed by atoms with van der Waals surface area (Å²) in [5.41, 5.74) is 0.835. The Morgan fingerprint density at radius 1 is 1.42 bits per heavy atom. The van der Waals surface area contributed by atoms with Gasteiger partial charge < -0.3 is 20.5 Å². The quantitative estimate of drug-likeness (QED) is 0.668. The molecule has 0 spiro atoms. The molecule has 0 aromatic heterocycles. The van der Waals surface area contributed by atoms with E-state index in [4.69, 9.17) is 21.4 Å². The Bertz CT molecular complexity index is 401. The van der Waals surface area contributed by atoms with Gasteiger partial charge in [-0.25, -0.2) is 4.79 Å². The highest BCUT2D eigenvalue weighted by molar-refractivity contribution is 6.31. The molecule has 19 heavy (non-hydrogen) atoms. The summed E-state index contributed by atoms with van der Waals surface area (Å²) in [5.74, 6) is 0. The van der Waals surface area contributed by atoms with E-state index in [1.807, 2.05) is 18.2 Å². The van der Waals surface area contributed by atoms with Gasteiger partial charge in [-0.05, 0) is 12.5 Å². The Balaban J connectivity index is 2.45. The zero-order chi connectivity index (χ0) is 14.1. The zero-order valence-corrected chi connectivity index (χ0v) is 11.6. The van der Waals surface area contributed by atoms with Gasteiger partial charge in [-0.3, -0.25) is 0 Å². The van der Waals surface area contributed by atoms with Gasteiger partial charge in [-0.15, -0.1) is 0 Å². The Morgan fingerprint density at radius 3 is 2.79 bits per heavy atom. The lowest BCUT2D eigenvalue weighted by Crippen LogP contribution is -2.38. The maximum absolute atomic E-state index is 11.5. The number of rotatable bonds is 7. The first kappa shape index (κ1) is 15.8. The highest BCUT2D eigenvalue weighted by Gasteiger charge is 2.14. The summed E-state index contributed by atoms with van der Waals surface area (Å²) in [6, 6.07) is 7.07. The van der Waals surface area contributed by atoms with E-state index in [9.17, 15) is 4.79 Å². The minimum Gasteiger partial charge on any atom is -0.396 e. The zero-order valence-electron chi connectivity index (χ0n) is 10.9.